The highest BCUT2D eigenvalue weighted by atomic mass is 16.5. The molecule has 0 rings (SSSR count). The molecule has 0 aromatic heterocycles. The first-order chi connectivity index (χ1) is 37.0. The molecule has 75 heavy (non-hydrogen) atoms. The van der Waals surface area contributed by atoms with Crippen molar-refractivity contribution in [3.05, 3.63) is 60.8 Å². The Morgan fingerprint density at radius 2 is 0.667 bits per heavy atom. The molecule has 438 valence electrons. The number of carbonyl (C=O) groups is 2. The molecule has 0 heterocycles. The van der Waals surface area contributed by atoms with E-state index >= 15 is 0 Å². The van der Waals surface area contributed by atoms with Gasteiger partial charge in [-0.1, -0.05) is 293 Å². The lowest BCUT2D eigenvalue weighted by molar-refractivity contribution is -0.143. The molecule has 0 fully saturated rings. The molecular weight excluding hydrogens is 923 g/mol. The van der Waals surface area contributed by atoms with Gasteiger partial charge in [-0.05, 0) is 96.3 Å². The molecule has 0 spiro atoms. The predicted octanol–water partition coefficient (Wildman–Crippen LogP) is 21.1. The highest BCUT2D eigenvalue weighted by Gasteiger charge is 2.18. The average molecular weight is 1050 g/mol. The monoisotopic (exact) mass is 1050 g/mol. The molecule has 0 saturated heterocycles. The van der Waals surface area contributed by atoms with Crippen molar-refractivity contribution < 1.29 is 24.5 Å². The van der Waals surface area contributed by atoms with Gasteiger partial charge in [0, 0.05) is 12.8 Å². The van der Waals surface area contributed by atoms with Crippen molar-refractivity contribution in [2.24, 2.45) is 0 Å². The van der Waals surface area contributed by atoms with Crippen LogP contribution >= 0.6 is 0 Å². The zero-order valence-corrected chi connectivity index (χ0v) is 50.0. The Kier molecular flexibility index (Phi) is 62.0. The molecule has 3 N–H and O–H groups in total. The summed E-state index contributed by atoms with van der Waals surface area (Å²) in [5.41, 5.74) is 0. The van der Waals surface area contributed by atoms with Gasteiger partial charge in [0.25, 0.3) is 0 Å². The molecule has 0 aromatic rings. The summed E-state index contributed by atoms with van der Waals surface area (Å²) >= 11 is 0. The van der Waals surface area contributed by atoms with Crippen molar-refractivity contribution in [2.45, 2.75) is 353 Å². The Labute approximate surface area is 467 Å². The van der Waals surface area contributed by atoms with Crippen LogP contribution in [0.1, 0.15) is 341 Å². The lowest BCUT2D eigenvalue weighted by atomic mass is 10.0. The van der Waals surface area contributed by atoms with E-state index in [4.69, 9.17) is 4.74 Å². The van der Waals surface area contributed by atoms with Gasteiger partial charge in [-0.25, -0.2) is 0 Å². The number of aliphatic hydroxyl groups excluding tert-OH is 2. The summed E-state index contributed by atoms with van der Waals surface area (Å²) in [5.74, 6) is -0.0745. The SMILES string of the molecule is CCCCC/C=C\C/C=C\CCCCCCCC(=O)OCCCCCCCCCCC/C=C\C/C=C\CCCCCCCCCCCCCC(=O)NC(CO)C(O)/C=C/CCCCCCCCCCCCCCCC. The maximum absolute atomic E-state index is 12.5. The number of unbranched alkanes of at least 4 members (excludes halogenated alkanes) is 42. The van der Waals surface area contributed by atoms with Crippen molar-refractivity contribution in [3.63, 3.8) is 0 Å². The number of hydrogen-bond donors (Lipinski definition) is 3. The van der Waals surface area contributed by atoms with Gasteiger partial charge < -0.3 is 20.3 Å². The third kappa shape index (κ3) is 60.6. The first kappa shape index (κ1) is 72.6. The van der Waals surface area contributed by atoms with Crippen LogP contribution in [0.2, 0.25) is 0 Å². The Hall–Kier alpha value is -2.44. The molecule has 0 aromatic carbocycles. The summed E-state index contributed by atoms with van der Waals surface area (Å²) in [6.45, 7) is 4.88. The quantitative estimate of drug-likeness (QED) is 0.0320. The number of carbonyl (C=O) groups excluding carboxylic acids is 2. The minimum atomic E-state index is -0.848. The average Bonchev–Trinajstić information content (AvgIpc) is 3.41. The molecular formula is C69H127NO5. The van der Waals surface area contributed by atoms with E-state index in [0.717, 1.165) is 57.8 Å². The fourth-order valence-corrected chi connectivity index (χ4v) is 9.93. The van der Waals surface area contributed by atoms with Crippen molar-refractivity contribution in [1.82, 2.24) is 5.32 Å². The normalized spacial score (nSPS) is 13.0. The highest BCUT2D eigenvalue weighted by Crippen LogP contribution is 2.17. The maximum Gasteiger partial charge on any atom is 0.305 e. The van der Waals surface area contributed by atoms with E-state index in [1.165, 1.54) is 257 Å². The maximum atomic E-state index is 12.5. The molecule has 6 nitrogen and oxygen atoms in total. The Balaban J connectivity index is 3.45. The van der Waals surface area contributed by atoms with E-state index in [1.807, 2.05) is 6.08 Å². The number of rotatable bonds is 61. The van der Waals surface area contributed by atoms with Crippen LogP contribution in [0.5, 0.6) is 0 Å². The lowest BCUT2D eigenvalue weighted by Gasteiger charge is -2.20. The largest absolute Gasteiger partial charge is 0.466 e. The minimum absolute atomic E-state index is 0.00418. The summed E-state index contributed by atoms with van der Waals surface area (Å²) < 4.78 is 5.48. The third-order valence-electron chi connectivity index (χ3n) is 15.0. The first-order valence-electron chi connectivity index (χ1n) is 33.1. The predicted molar refractivity (Wildman–Crippen MR) is 328 cm³/mol. The standard InChI is InChI=1S/C69H127NO5/c1-3-5-7-9-11-13-15-17-19-34-37-41-45-49-53-57-61-67(72)66(65-71)70-68(73)62-58-54-50-46-42-38-35-31-29-27-25-23-21-20-22-24-26-28-30-32-36-40-44-48-52-56-60-64-75-69(74)63-59-55-51-47-43-39-33-18-16-14-12-10-8-6-4-2/h12,14,18,20-21,24,26,33,57,61,66-67,71-72H,3-11,13,15-17,19,22-23,25,27-32,34-56,58-60,62-65H2,1-2H3,(H,70,73)/b14-12-,21-20-,26-24-,33-18-,61-57+. The number of aliphatic hydroxyl groups is 2. The van der Waals surface area contributed by atoms with E-state index in [9.17, 15) is 19.8 Å². The van der Waals surface area contributed by atoms with Crippen molar-refractivity contribution in [1.29, 1.82) is 0 Å². The third-order valence-corrected chi connectivity index (χ3v) is 15.0. The summed E-state index contributed by atoms with van der Waals surface area (Å²) in [6, 6.07) is -0.632. The van der Waals surface area contributed by atoms with Gasteiger partial charge >= 0.3 is 5.97 Å². The van der Waals surface area contributed by atoms with Gasteiger partial charge in [0.05, 0.1) is 25.4 Å². The molecule has 2 atom stereocenters. The summed E-state index contributed by atoms with van der Waals surface area (Å²) in [5, 5.41) is 23.2. The highest BCUT2D eigenvalue weighted by molar-refractivity contribution is 5.76. The van der Waals surface area contributed by atoms with E-state index in [0.29, 0.717) is 19.4 Å². The van der Waals surface area contributed by atoms with Gasteiger partial charge in [-0.3, -0.25) is 9.59 Å². The van der Waals surface area contributed by atoms with Crippen molar-refractivity contribution in [3.8, 4) is 0 Å². The van der Waals surface area contributed by atoms with Crippen LogP contribution < -0.4 is 5.32 Å². The Bertz CT molecular complexity index is 1300. The molecule has 1 amide bonds. The van der Waals surface area contributed by atoms with Gasteiger partial charge in [-0.2, -0.15) is 0 Å². The first-order valence-corrected chi connectivity index (χ1v) is 33.1. The van der Waals surface area contributed by atoms with E-state index < -0.39 is 12.1 Å². The van der Waals surface area contributed by atoms with Crippen LogP contribution in [0, 0.1) is 0 Å². The number of esters is 1. The number of nitrogens with one attached hydrogen (secondary N) is 1. The number of amides is 1. The zero-order chi connectivity index (χ0) is 54.3. The van der Waals surface area contributed by atoms with Gasteiger partial charge in [0.15, 0.2) is 0 Å². The molecule has 0 aliphatic rings. The molecule has 0 saturated carbocycles. The molecule has 6 heteroatoms. The van der Waals surface area contributed by atoms with Crippen LogP contribution in [0.25, 0.3) is 0 Å². The topological polar surface area (TPSA) is 95.9 Å². The second-order valence-electron chi connectivity index (χ2n) is 22.4. The fourth-order valence-electron chi connectivity index (χ4n) is 9.93. The molecule has 0 aliphatic carbocycles. The van der Waals surface area contributed by atoms with Crippen LogP contribution in [0.4, 0.5) is 0 Å². The van der Waals surface area contributed by atoms with Crippen LogP contribution in [-0.2, 0) is 14.3 Å². The Morgan fingerprint density at radius 3 is 1.04 bits per heavy atom. The minimum Gasteiger partial charge on any atom is -0.466 e. The van der Waals surface area contributed by atoms with Crippen molar-refractivity contribution in [2.75, 3.05) is 13.2 Å². The van der Waals surface area contributed by atoms with Gasteiger partial charge in [0.2, 0.25) is 5.91 Å². The summed E-state index contributed by atoms with van der Waals surface area (Å²) in [6.07, 6.45) is 84.2. The van der Waals surface area contributed by atoms with Gasteiger partial charge in [0.1, 0.15) is 0 Å². The number of allylic oxidation sites excluding steroid dienone is 9. The second kappa shape index (κ2) is 64.1. The molecule has 0 radical (unpaired) electrons. The second-order valence-corrected chi connectivity index (χ2v) is 22.4. The molecule has 0 bridgehead atoms. The van der Waals surface area contributed by atoms with Crippen LogP contribution in [-0.4, -0.2) is 47.4 Å². The number of hydrogen-bond acceptors (Lipinski definition) is 5. The van der Waals surface area contributed by atoms with Crippen molar-refractivity contribution >= 4 is 11.9 Å². The van der Waals surface area contributed by atoms with Crippen LogP contribution in [0.15, 0.2) is 60.8 Å². The molecule has 2 unspecified atom stereocenters. The van der Waals surface area contributed by atoms with E-state index in [-0.39, 0.29) is 18.5 Å². The van der Waals surface area contributed by atoms with Gasteiger partial charge in [-0.15, -0.1) is 0 Å². The van der Waals surface area contributed by atoms with E-state index in [2.05, 4.69) is 67.8 Å². The number of ether oxygens (including phenoxy) is 1. The van der Waals surface area contributed by atoms with E-state index in [1.54, 1.807) is 6.08 Å². The van der Waals surface area contributed by atoms with Crippen LogP contribution in [0.3, 0.4) is 0 Å². The smallest absolute Gasteiger partial charge is 0.305 e. The molecule has 0 aliphatic heterocycles. The summed E-state index contributed by atoms with van der Waals surface area (Å²) in [4.78, 5) is 24.5. The lowest BCUT2D eigenvalue weighted by Crippen LogP contribution is -2.45. The Morgan fingerprint density at radius 1 is 0.373 bits per heavy atom. The fraction of sp³-hybridized carbons (Fsp3) is 0.826. The zero-order valence-electron chi connectivity index (χ0n) is 50.0. The summed E-state index contributed by atoms with van der Waals surface area (Å²) in [7, 11) is 0.